The third kappa shape index (κ3) is 4.61. The number of allylic oxidation sites excluding steroid dienone is 5. The van der Waals surface area contributed by atoms with Crippen LogP contribution >= 0.6 is 0 Å². The second kappa shape index (κ2) is 10.5. The highest BCUT2D eigenvalue weighted by Crippen LogP contribution is 2.46. The van der Waals surface area contributed by atoms with Crippen molar-refractivity contribution in [2.24, 2.45) is 5.41 Å². The molecular weight excluding hydrogens is 528 g/mol. The van der Waals surface area contributed by atoms with Crippen LogP contribution in [0.5, 0.6) is 0 Å². The third-order valence-electron chi connectivity index (χ3n) is 9.86. The first-order valence-electron chi connectivity index (χ1n) is 16.1. The minimum Gasteiger partial charge on any atom is -0.0836 e. The predicted molar refractivity (Wildman–Crippen MR) is 192 cm³/mol. The lowest BCUT2D eigenvalue weighted by Crippen LogP contribution is -2.11. The number of hydrogen-bond acceptors (Lipinski definition) is 0. The van der Waals surface area contributed by atoms with Crippen molar-refractivity contribution < 1.29 is 0 Å². The number of hydrogen-bond donors (Lipinski definition) is 0. The Morgan fingerprint density at radius 3 is 1.98 bits per heavy atom. The molecule has 2 aliphatic carbocycles. The molecule has 0 aromatic heterocycles. The standard InChI is InChI=1S/C44H38/c1-44(2,3)37-23-20-31(21-24-37)34-22-25-40-41(28-34)43(36-19-17-30-11-5-7-13-33(30)27-36)39-15-9-8-14-38(39)42(40)35-18-16-29-10-4-6-12-32(29)26-35/h4,6-10,12-20,22-23,25-28H,5,11,21,24H2,1-3H3. The molecule has 6 aromatic rings. The van der Waals surface area contributed by atoms with E-state index in [-0.39, 0.29) is 5.41 Å². The first-order valence-corrected chi connectivity index (χ1v) is 16.1. The first-order chi connectivity index (χ1) is 21.4. The molecular formula is C44H38. The predicted octanol–water partition coefficient (Wildman–Crippen LogP) is 12.6. The zero-order valence-electron chi connectivity index (χ0n) is 26.0. The van der Waals surface area contributed by atoms with Crippen molar-refractivity contribution in [3.8, 4) is 22.3 Å². The second-order valence-corrected chi connectivity index (χ2v) is 13.6. The molecule has 44 heavy (non-hydrogen) atoms. The molecule has 0 aliphatic heterocycles. The third-order valence-corrected chi connectivity index (χ3v) is 9.86. The van der Waals surface area contributed by atoms with Crippen molar-refractivity contribution in [2.75, 3.05) is 0 Å². The summed E-state index contributed by atoms with van der Waals surface area (Å²) in [7, 11) is 0. The number of benzene rings is 6. The Hall–Kier alpha value is -4.68. The fraction of sp³-hybridized carbons (Fsp3) is 0.182. The van der Waals surface area contributed by atoms with Crippen LogP contribution < -0.4 is 0 Å². The highest BCUT2D eigenvalue weighted by molar-refractivity contribution is 6.22. The van der Waals surface area contributed by atoms with Gasteiger partial charge in [-0.1, -0.05) is 136 Å². The summed E-state index contributed by atoms with van der Waals surface area (Å²) in [6.45, 7) is 6.98. The summed E-state index contributed by atoms with van der Waals surface area (Å²) in [4.78, 5) is 0. The van der Waals surface area contributed by atoms with Crippen molar-refractivity contribution in [3.05, 3.63) is 144 Å². The van der Waals surface area contributed by atoms with Crippen LogP contribution in [0.25, 0.3) is 66.2 Å². The Morgan fingerprint density at radius 2 is 1.20 bits per heavy atom. The van der Waals surface area contributed by atoms with Gasteiger partial charge < -0.3 is 0 Å². The maximum Gasteiger partial charge on any atom is -0.00259 e. The molecule has 0 bridgehead atoms. The van der Waals surface area contributed by atoms with Gasteiger partial charge in [0.05, 0.1) is 0 Å². The van der Waals surface area contributed by atoms with E-state index in [2.05, 4.69) is 148 Å². The van der Waals surface area contributed by atoms with Gasteiger partial charge in [-0.15, -0.1) is 0 Å². The fourth-order valence-corrected chi connectivity index (χ4v) is 7.43. The Kier molecular flexibility index (Phi) is 6.42. The van der Waals surface area contributed by atoms with E-state index in [0.717, 1.165) is 25.7 Å². The van der Waals surface area contributed by atoms with Gasteiger partial charge in [-0.05, 0) is 126 Å². The van der Waals surface area contributed by atoms with Crippen molar-refractivity contribution in [1.29, 1.82) is 0 Å². The lowest BCUT2D eigenvalue weighted by atomic mass is 9.79. The normalized spacial score (nSPS) is 15.0. The Morgan fingerprint density at radius 1 is 0.523 bits per heavy atom. The van der Waals surface area contributed by atoms with E-state index in [1.807, 2.05) is 0 Å². The molecule has 0 radical (unpaired) electrons. The van der Waals surface area contributed by atoms with E-state index in [9.17, 15) is 0 Å². The summed E-state index contributed by atoms with van der Waals surface area (Å²) in [6.07, 6.45) is 13.8. The van der Waals surface area contributed by atoms with Crippen molar-refractivity contribution >= 4 is 44.0 Å². The average molecular weight is 567 g/mol. The molecule has 0 spiro atoms. The SMILES string of the molecule is CC(C)(C)C1=CC=C(c2ccc3c(-c4ccc5ccccc5c4)c4ccccc4c(-c4ccc5c(c4)C=CCC5)c3c2)CC1. The second-order valence-electron chi connectivity index (χ2n) is 13.6. The summed E-state index contributed by atoms with van der Waals surface area (Å²) in [6, 6.07) is 39.1. The lowest BCUT2D eigenvalue weighted by Gasteiger charge is -2.26. The number of fused-ring (bicyclic) bond motifs is 4. The van der Waals surface area contributed by atoms with Crippen LogP contribution in [0, 0.1) is 5.41 Å². The maximum atomic E-state index is 2.48. The molecule has 0 atom stereocenters. The zero-order chi connectivity index (χ0) is 29.8. The van der Waals surface area contributed by atoms with Crippen molar-refractivity contribution in [3.63, 3.8) is 0 Å². The molecule has 6 aromatic carbocycles. The molecule has 2 aliphatic rings. The molecule has 0 unspecified atom stereocenters. The summed E-state index contributed by atoms with van der Waals surface area (Å²) in [5, 5.41) is 7.81. The topological polar surface area (TPSA) is 0 Å². The van der Waals surface area contributed by atoms with Crippen LogP contribution in [0.1, 0.15) is 56.7 Å². The highest BCUT2D eigenvalue weighted by atomic mass is 14.3. The van der Waals surface area contributed by atoms with Gasteiger partial charge in [-0.25, -0.2) is 0 Å². The molecule has 0 N–H and O–H groups in total. The van der Waals surface area contributed by atoms with E-state index in [0.29, 0.717) is 0 Å². The monoisotopic (exact) mass is 566 g/mol. The van der Waals surface area contributed by atoms with Gasteiger partial charge in [0.2, 0.25) is 0 Å². The quantitative estimate of drug-likeness (QED) is 0.187. The molecule has 0 nitrogen and oxygen atoms in total. The van der Waals surface area contributed by atoms with Gasteiger partial charge in [-0.2, -0.15) is 0 Å². The van der Waals surface area contributed by atoms with E-state index in [4.69, 9.17) is 0 Å². The summed E-state index contributed by atoms with van der Waals surface area (Å²) >= 11 is 0. The smallest absolute Gasteiger partial charge is 0.00259 e. The van der Waals surface area contributed by atoms with E-state index >= 15 is 0 Å². The molecule has 0 heteroatoms. The molecule has 0 heterocycles. The van der Waals surface area contributed by atoms with E-state index in [1.165, 1.54) is 82.4 Å². The van der Waals surface area contributed by atoms with Gasteiger partial charge in [0.25, 0.3) is 0 Å². The van der Waals surface area contributed by atoms with E-state index < -0.39 is 0 Å². The van der Waals surface area contributed by atoms with Crippen molar-refractivity contribution in [2.45, 2.75) is 46.5 Å². The Balaban J connectivity index is 1.43. The molecule has 0 amide bonds. The average Bonchev–Trinajstić information content (AvgIpc) is 3.06. The summed E-state index contributed by atoms with van der Waals surface area (Å²) in [5.74, 6) is 0. The van der Waals surface area contributed by atoms with Gasteiger partial charge in [-0.3, -0.25) is 0 Å². The Labute approximate surface area is 261 Å². The summed E-state index contributed by atoms with van der Waals surface area (Å²) < 4.78 is 0. The highest BCUT2D eigenvalue weighted by Gasteiger charge is 2.22. The van der Waals surface area contributed by atoms with Crippen LogP contribution in [0.15, 0.2) is 127 Å². The molecule has 0 saturated carbocycles. The zero-order valence-corrected chi connectivity index (χ0v) is 26.0. The number of rotatable bonds is 3. The van der Waals surface area contributed by atoms with Crippen LogP contribution in [0.4, 0.5) is 0 Å². The minimum atomic E-state index is 0.215. The molecule has 8 rings (SSSR count). The van der Waals surface area contributed by atoms with Gasteiger partial charge in [0.1, 0.15) is 0 Å². The summed E-state index contributed by atoms with van der Waals surface area (Å²) in [5.41, 5.74) is 12.6. The van der Waals surface area contributed by atoms with Crippen LogP contribution in [-0.4, -0.2) is 0 Å². The van der Waals surface area contributed by atoms with Crippen molar-refractivity contribution in [1.82, 2.24) is 0 Å². The molecule has 0 fully saturated rings. The van der Waals surface area contributed by atoms with Crippen LogP contribution in [0.3, 0.4) is 0 Å². The van der Waals surface area contributed by atoms with Crippen LogP contribution in [0.2, 0.25) is 0 Å². The van der Waals surface area contributed by atoms with Gasteiger partial charge >= 0.3 is 0 Å². The van der Waals surface area contributed by atoms with Gasteiger partial charge in [0.15, 0.2) is 0 Å². The maximum absolute atomic E-state index is 2.48. The van der Waals surface area contributed by atoms with E-state index in [1.54, 1.807) is 0 Å². The molecule has 214 valence electrons. The number of aryl methyl sites for hydroxylation is 1. The first kappa shape index (κ1) is 26.9. The fourth-order valence-electron chi connectivity index (χ4n) is 7.43. The van der Waals surface area contributed by atoms with Gasteiger partial charge in [0, 0.05) is 0 Å². The van der Waals surface area contributed by atoms with Crippen LogP contribution in [-0.2, 0) is 6.42 Å². The largest absolute Gasteiger partial charge is 0.0836 e. The minimum absolute atomic E-state index is 0.215. The molecule has 0 saturated heterocycles. The Bertz CT molecular complexity index is 2190. The lowest BCUT2D eigenvalue weighted by molar-refractivity contribution is 0.482.